The van der Waals surface area contributed by atoms with Crippen LogP contribution in [0.1, 0.15) is 0 Å². The van der Waals surface area contributed by atoms with Gasteiger partial charge in [-0.3, -0.25) is 0 Å². The molecular formula is C48H16. The molecule has 0 atom stereocenters. The van der Waals surface area contributed by atoms with Gasteiger partial charge in [-0.1, -0.05) is 97.1 Å². The predicted octanol–water partition coefficient (Wildman–Crippen LogP) is 14.0. The second-order valence-electron chi connectivity index (χ2n) is 15.2. The van der Waals surface area contributed by atoms with E-state index in [0.29, 0.717) is 0 Å². The minimum atomic E-state index is 1.41. The lowest BCUT2D eigenvalue weighted by Crippen LogP contribution is -1.96. The highest BCUT2D eigenvalue weighted by atomic mass is 14.4. The van der Waals surface area contributed by atoms with Gasteiger partial charge in [0.1, 0.15) is 0 Å². The molecule has 0 bridgehead atoms. The number of benzene rings is 13. The van der Waals surface area contributed by atoms with Crippen LogP contribution in [-0.4, -0.2) is 0 Å². The SMILES string of the molecule is c1cc2c3ccc4c5cccc6c5c5c4c3c3c2c(c1)c1c2cccc4c7ccc8c9cccc%10c9c9c8c7c(c42)c2c1c3c5c(c6%10)c92. The van der Waals surface area contributed by atoms with Crippen LogP contribution >= 0.6 is 0 Å². The summed E-state index contributed by atoms with van der Waals surface area (Å²) >= 11 is 0. The fraction of sp³-hybridized carbons (Fsp3) is 0. The molecular weight excluding hydrogens is 577 g/mol. The Balaban J connectivity index is 1.49. The van der Waals surface area contributed by atoms with Gasteiger partial charge in [0.15, 0.2) is 0 Å². The Labute approximate surface area is 268 Å². The Morgan fingerprint density at radius 2 is 0.292 bits per heavy atom. The van der Waals surface area contributed by atoms with Gasteiger partial charge in [0.05, 0.1) is 0 Å². The molecule has 0 aliphatic carbocycles. The average molecular weight is 593 g/mol. The van der Waals surface area contributed by atoms with Gasteiger partial charge in [-0.05, 0) is 172 Å². The van der Waals surface area contributed by atoms with Crippen LogP contribution in [0.25, 0.3) is 172 Å². The first-order valence-electron chi connectivity index (χ1n) is 17.3. The maximum atomic E-state index is 2.45. The molecule has 0 heterocycles. The van der Waals surface area contributed by atoms with E-state index in [2.05, 4.69) is 97.1 Å². The Morgan fingerprint density at radius 1 is 0.125 bits per heavy atom. The maximum Gasteiger partial charge on any atom is -0.00000188 e. The molecule has 0 radical (unpaired) electrons. The van der Waals surface area contributed by atoms with Crippen LogP contribution in [0.4, 0.5) is 0 Å². The monoisotopic (exact) mass is 592 g/mol. The van der Waals surface area contributed by atoms with Crippen molar-refractivity contribution in [3.63, 3.8) is 0 Å². The summed E-state index contributed by atoms with van der Waals surface area (Å²) in [5.41, 5.74) is 0. The minimum absolute atomic E-state index is 1.41. The van der Waals surface area contributed by atoms with Gasteiger partial charge in [0.2, 0.25) is 0 Å². The molecule has 0 spiro atoms. The zero-order valence-corrected chi connectivity index (χ0v) is 25.2. The first-order valence-corrected chi connectivity index (χ1v) is 17.3. The van der Waals surface area contributed by atoms with E-state index in [-0.39, 0.29) is 0 Å². The van der Waals surface area contributed by atoms with Gasteiger partial charge in [0.25, 0.3) is 0 Å². The van der Waals surface area contributed by atoms with Crippen molar-refractivity contribution >= 4 is 172 Å². The van der Waals surface area contributed by atoms with Gasteiger partial charge in [0, 0.05) is 0 Å². The standard InChI is InChI=1S/C48H16/c1-5-17-21-13-14-22-19-7-3-11-27-31(19)41-36(22)35(21)39-29(17)25(9-1)33-26-10-2-6-18-23-15-16-24-20-8-4-12-28-32(20)42-38(24)37(23)40(30(18)26)46-43(33)45(39)47(41)44(34(27)28)48(42)46/h1-16H. The van der Waals surface area contributed by atoms with Crippen molar-refractivity contribution in [1.29, 1.82) is 0 Å². The van der Waals surface area contributed by atoms with Crippen LogP contribution in [0, 0.1) is 0 Å². The van der Waals surface area contributed by atoms with Crippen molar-refractivity contribution in [3.8, 4) is 0 Å². The molecule has 0 amide bonds. The van der Waals surface area contributed by atoms with E-state index in [1.165, 1.54) is 172 Å². The summed E-state index contributed by atoms with van der Waals surface area (Å²) in [5, 5.41) is 46.9. The van der Waals surface area contributed by atoms with Gasteiger partial charge < -0.3 is 0 Å². The topological polar surface area (TPSA) is 0 Å². The fourth-order valence-corrected chi connectivity index (χ4v) is 12.7. The van der Waals surface area contributed by atoms with Gasteiger partial charge in [-0.2, -0.15) is 0 Å². The first kappa shape index (κ1) is 20.8. The molecule has 17 rings (SSSR count). The summed E-state index contributed by atoms with van der Waals surface area (Å²) in [7, 11) is 0. The lowest BCUT2D eigenvalue weighted by molar-refractivity contribution is 1.88. The average Bonchev–Trinajstić information content (AvgIpc) is 3.86. The summed E-state index contributed by atoms with van der Waals surface area (Å²) in [6.07, 6.45) is 0. The molecule has 0 unspecified atom stereocenters. The zero-order chi connectivity index (χ0) is 29.8. The molecule has 0 N–H and O–H groups in total. The molecule has 0 nitrogen and oxygen atoms in total. The molecule has 17 aromatic rings. The van der Waals surface area contributed by atoms with Gasteiger partial charge >= 0.3 is 0 Å². The van der Waals surface area contributed by atoms with Crippen LogP contribution in [0.15, 0.2) is 97.1 Å². The van der Waals surface area contributed by atoms with E-state index in [1.54, 1.807) is 0 Å². The number of hydrogen-bond acceptors (Lipinski definition) is 0. The summed E-state index contributed by atoms with van der Waals surface area (Å²) in [6, 6.07) is 38.4. The third-order valence-electron chi connectivity index (χ3n) is 13.9. The van der Waals surface area contributed by atoms with Crippen molar-refractivity contribution in [2.24, 2.45) is 0 Å². The van der Waals surface area contributed by atoms with Crippen molar-refractivity contribution in [3.05, 3.63) is 97.1 Å². The highest BCUT2D eigenvalue weighted by Crippen LogP contribution is 2.65. The van der Waals surface area contributed by atoms with Crippen molar-refractivity contribution in [2.75, 3.05) is 0 Å². The van der Waals surface area contributed by atoms with E-state index >= 15 is 0 Å². The van der Waals surface area contributed by atoms with E-state index in [4.69, 9.17) is 0 Å². The van der Waals surface area contributed by atoms with Crippen molar-refractivity contribution < 1.29 is 0 Å². The molecule has 0 fully saturated rings. The molecule has 0 heteroatoms. The van der Waals surface area contributed by atoms with Gasteiger partial charge in [-0.15, -0.1) is 0 Å². The molecule has 0 saturated heterocycles. The molecule has 48 heavy (non-hydrogen) atoms. The maximum absolute atomic E-state index is 2.45. The van der Waals surface area contributed by atoms with Crippen LogP contribution in [0.2, 0.25) is 0 Å². The Kier molecular flexibility index (Phi) is 2.50. The van der Waals surface area contributed by atoms with Gasteiger partial charge in [-0.25, -0.2) is 0 Å². The first-order chi connectivity index (χ1) is 23.9. The molecule has 208 valence electrons. The normalized spacial score (nSPS) is 14.7. The van der Waals surface area contributed by atoms with E-state index in [9.17, 15) is 0 Å². The third-order valence-corrected chi connectivity index (χ3v) is 13.9. The molecule has 0 aliphatic rings. The predicted molar refractivity (Wildman–Crippen MR) is 210 cm³/mol. The highest BCUT2D eigenvalue weighted by molar-refractivity contribution is 6.68. The smallest absolute Gasteiger partial charge is 0.00000188 e. The lowest BCUT2D eigenvalue weighted by atomic mass is 9.76. The number of fused-ring (bicyclic) bond motifs is 8. The van der Waals surface area contributed by atoms with E-state index in [1.807, 2.05) is 0 Å². The Bertz CT molecular complexity index is 3640. The summed E-state index contributed by atoms with van der Waals surface area (Å²) in [6.45, 7) is 0. The summed E-state index contributed by atoms with van der Waals surface area (Å²) in [5.74, 6) is 0. The molecule has 17 aromatic carbocycles. The zero-order valence-electron chi connectivity index (χ0n) is 25.2. The Morgan fingerprint density at radius 3 is 0.562 bits per heavy atom. The van der Waals surface area contributed by atoms with E-state index < -0.39 is 0 Å². The van der Waals surface area contributed by atoms with Crippen molar-refractivity contribution in [2.45, 2.75) is 0 Å². The number of hydrogen-bond donors (Lipinski definition) is 0. The molecule has 0 aromatic heterocycles. The largest absolute Gasteiger partial charge is 0.0610 e. The second kappa shape index (κ2) is 5.76. The summed E-state index contributed by atoms with van der Waals surface area (Å²) in [4.78, 5) is 0. The highest BCUT2D eigenvalue weighted by Gasteiger charge is 2.36. The number of rotatable bonds is 0. The van der Waals surface area contributed by atoms with E-state index in [0.717, 1.165) is 0 Å². The second-order valence-corrected chi connectivity index (χ2v) is 15.2. The fourth-order valence-electron chi connectivity index (χ4n) is 12.7. The Hall–Kier alpha value is -6.24. The molecule has 0 aliphatic heterocycles. The quantitative estimate of drug-likeness (QED) is 0.121. The molecule has 0 saturated carbocycles. The van der Waals surface area contributed by atoms with Crippen molar-refractivity contribution in [1.82, 2.24) is 0 Å². The third kappa shape index (κ3) is 1.56. The van der Waals surface area contributed by atoms with Crippen LogP contribution < -0.4 is 0 Å². The van der Waals surface area contributed by atoms with Crippen LogP contribution in [-0.2, 0) is 0 Å². The lowest BCUT2D eigenvalue weighted by Gasteiger charge is -2.25. The van der Waals surface area contributed by atoms with Crippen LogP contribution in [0.5, 0.6) is 0 Å². The minimum Gasteiger partial charge on any atom is -0.0610 e. The summed E-state index contributed by atoms with van der Waals surface area (Å²) < 4.78 is 0. The van der Waals surface area contributed by atoms with Crippen LogP contribution in [0.3, 0.4) is 0 Å².